The lowest BCUT2D eigenvalue weighted by molar-refractivity contribution is -0.137. The predicted octanol–water partition coefficient (Wildman–Crippen LogP) is 4.30. The van der Waals surface area contributed by atoms with Gasteiger partial charge < -0.3 is 9.32 Å². The zero-order valence-electron chi connectivity index (χ0n) is 13.9. The van der Waals surface area contributed by atoms with Crippen molar-refractivity contribution in [1.82, 2.24) is 9.80 Å². The van der Waals surface area contributed by atoms with Crippen LogP contribution in [0.3, 0.4) is 0 Å². The highest BCUT2D eigenvalue weighted by molar-refractivity contribution is 6.29. The Morgan fingerprint density at radius 2 is 1.77 bits per heavy atom. The first kappa shape index (κ1) is 18.8. The van der Waals surface area contributed by atoms with Gasteiger partial charge in [-0.15, -0.1) is 0 Å². The number of hydrogen-bond acceptors (Lipinski definition) is 3. The highest BCUT2D eigenvalue weighted by Crippen LogP contribution is 2.29. The van der Waals surface area contributed by atoms with Gasteiger partial charge >= 0.3 is 6.18 Å². The number of furan rings is 1. The summed E-state index contributed by atoms with van der Waals surface area (Å²) < 4.78 is 43.1. The van der Waals surface area contributed by atoms with Crippen LogP contribution in [0.2, 0.25) is 5.22 Å². The first-order valence-electron chi connectivity index (χ1n) is 8.26. The van der Waals surface area contributed by atoms with E-state index in [9.17, 15) is 18.0 Å². The summed E-state index contributed by atoms with van der Waals surface area (Å²) in [5.74, 6) is 0.0134. The second-order valence-corrected chi connectivity index (χ2v) is 6.59. The van der Waals surface area contributed by atoms with E-state index in [2.05, 4.69) is 4.90 Å². The average molecular weight is 387 g/mol. The number of carbonyl (C=O) groups excluding carboxylic acids is 1. The Balaban J connectivity index is 1.58. The second kappa shape index (κ2) is 7.72. The van der Waals surface area contributed by atoms with Crippen LogP contribution in [0.15, 0.2) is 40.8 Å². The maximum atomic E-state index is 12.6. The lowest BCUT2D eigenvalue weighted by Gasteiger charge is -2.21. The van der Waals surface area contributed by atoms with Crippen molar-refractivity contribution < 1.29 is 22.4 Å². The third-order valence-electron chi connectivity index (χ3n) is 4.35. The standard InChI is InChI=1S/C18H18ClF3N2O2/c19-16-7-6-15(26-16)17(25)24-9-1-8-23(10-11-24)12-13-2-4-14(5-3-13)18(20,21)22/h2-7H,1,8-12H2. The zero-order valence-corrected chi connectivity index (χ0v) is 14.7. The SMILES string of the molecule is O=C(c1ccc(Cl)o1)N1CCCN(Cc2ccc(C(F)(F)F)cc2)CC1. The Morgan fingerprint density at radius 1 is 1.04 bits per heavy atom. The van der Waals surface area contributed by atoms with Gasteiger partial charge in [0.15, 0.2) is 11.0 Å². The van der Waals surface area contributed by atoms with Crippen LogP contribution >= 0.6 is 11.6 Å². The summed E-state index contributed by atoms with van der Waals surface area (Å²) in [5, 5.41) is 0.173. The monoisotopic (exact) mass is 386 g/mol. The molecule has 0 spiro atoms. The third kappa shape index (κ3) is 4.59. The van der Waals surface area contributed by atoms with Crippen molar-refractivity contribution >= 4 is 17.5 Å². The number of rotatable bonds is 3. The second-order valence-electron chi connectivity index (χ2n) is 6.22. The summed E-state index contributed by atoms with van der Waals surface area (Å²) in [6.45, 7) is 3.08. The molecular weight excluding hydrogens is 369 g/mol. The van der Waals surface area contributed by atoms with Gasteiger partial charge in [0.1, 0.15) is 0 Å². The molecule has 1 aromatic carbocycles. The van der Waals surface area contributed by atoms with Gasteiger partial charge in [0.2, 0.25) is 0 Å². The van der Waals surface area contributed by atoms with E-state index >= 15 is 0 Å². The smallest absolute Gasteiger partial charge is 0.416 e. The fraction of sp³-hybridized carbons (Fsp3) is 0.389. The van der Waals surface area contributed by atoms with Crippen molar-refractivity contribution in [1.29, 1.82) is 0 Å². The Labute approximate surface area is 154 Å². The van der Waals surface area contributed by atoms with E-state index in [1.165, 1.54) is 18.2 Å². The van der Waals surface area contributed by atoms with Crippen LogP contribution in [-0.2, 0) is 12.7 Å². The van der Waals surface area contributed by atoms with Crippen LogP contribution in [-0.4, -0.2) is 41.9 Å². The quantitative estimate of drug-likeness (QED) is 0.789. The summed E-state index contributed by atoms with van der Waals surface area (Å²) in [6, 6.07) is 8.29. The molecule has 3 rings (SSSR count). The number of carbonyl (C=O) groups is 1. The van der Waals surface area contributed by atoms with E-state index in [4.69, 9.17) is 16.0 Å². The first-order chi connectivity index (χ1) is 12.3. The summed E-state index contributed by atoms with van der Waals surface area (Å²) in [7, 11) is 0. The number of amides is 1. The first-order valence-corrected chi connectivity index (χ1v) is 8.64. The van der Waals surface area contributed by atoms with Crippen molar-refractivity contribution in [3.8, 4) is 0 Å². The molecule has 2 heterocycles. The number of halogens is 4. The Kier molecular flexibility index (Phi) is 5.58. The number of alkyl halides is 3. The van der Waals surface area contributed by atoms with Crippen LogP contribution in [0.1, 0.15) is 28.1 Å². The van der Waals surface area contributed by atoms with Crippen molar-refractivity contribution in [2.45, 2.75) is 19.1 Å². The molecule has 1 aliphatic rings. The van der Waals surface area contributed by atoms with Gasteiger partial charge in [0, 0.05) is 32.7 Å². The molecule has 0 N–H and O–H groups in total. The topological polar surface area (TPSA) is 36.7 Å². The van der Waals surface area contributed by atoms with E-state index < -0.39 is 11.7 Å². The highest BCUT2D eigenvalue weighted by atomic mass is 35.5. The van der Waals surface area contributed by atoms with E-state index in [1.807, 2.05) is 0 Å². The number of benzene rings is 1. The minimum absolute atomic E-state index is 0.173. The molecule has 1 fully saturated rings. The van der Waals surface area contributed by atoms with E-state index in [1.54, 1.807) is 11.0 Å². The maximum absolute atomic E-state index is 12.6. The van der Waals surface area contributed by atoms with Crippen LogP contribution in [0.5, 0.6) is 0 Å². The van der Waals surface area contributed by atoms with Crippen LogP contribution in [0.4, 0.5) is 13.2 Å². The molecule has 8 heteroatoms. The minimum Gasteiger partial charge on any atom is -0.440 e. The molecule has 1 aliphatic heterocycles. The summed E-state index contributed by atoms with van der Waals surface area (Å²) in [4.78, 5) is 16.3. The molecule has 4 nitrogen and oxygen atoms in total. The van der Waals surface area contributed by atoms with Gasteiger partial charge in [0.25, 0.3) is 5.91 Å². The molecule has 0 atom stereocenters. The molecule has 1 aromatic heterocycles. The van der Waals surface area contributed by atoms with Gasteiger partial charge in [-0.2, -0.15) is 13.2 Å². The van der Waals surface area contributed by atoms with Gasteiger partial charge in [-0.05, 0) is 47.9 Å². The largest absolute Gasteiger partial charge is 0.440 e. The normalized spacial score (nSPS) is 16.5. The Hall–Kier alpha value is -1.99. The molecule has 2 aromatic rings. The fourth-order valence-corrected chi connectivity index (χ4v) is 3.12. The van der Waals surface area contributed by atoms with Gasteiger partial charge in [-0.3, -0.25) is 9.69 Å². The number of nitrogens with zero attached hydrogens (tertiary/aromatic N) is 2. The molecule has 140 valence electrons. The van der Waals surface area contributed by atoms with Crippen molar-refractivity contribution in [2.75, 3.05) is 26.2 Å². The van der Waals surface area contributed by atoms with Crippen molar-refractivity contribution in [2.24, 2.45) is 0 Å². The summed E-state index contributed by atoms with van der Waals surface area (Å²) in [6.07, 6.45) is -3.54. The van der Waals surface area contributed by atoms with Crippen LogP contribution < -0.4 is 0 Å². The average Bonchev–Trinajstić information content (AvgIpc) is 2.89. The maximum Gasteiger partial charge on any atom is 0.416 e. The lowest BCUT2D eigenvalue weighted by Crippen LogP contribution is -2.34. The van der Waals surface area contributed by atoms with E-state index in [0.29, 0.717) is 26.2 Å². The minimum atomic E-state index is -4.32. The van der Waals surface area contributed by atoms with Crippen LogP contribution in [0.25, 0.3) is 0 Å². The van der Waals surface area contributed by atoms with Crippen molar-refractivity contribution in [3.05, 3.63) is 58.5 Å². The Morgan fingerprint density at radius 3 is 2.38 bits per heavy atom. The van der Waals surface area contributed by atoms with Gasteiger partial charge in [-0.1, -0.05) is 12.1 Å². The van der Waals surface area contributed by atoms with E-state index in [-0.39, 0.29) is 16.9 Å². The van der Waals surface area contributed by atoms with E-state index in [0.717, 1.165) is 30.7 Å². The molecule has 1 saturated heterocycles. The fourth-order valence-electron chi connectivity index (χ4n) is 2.97. The number of hydrogen-bond donors (Lipinski definition) is 0. The van der Waals surface area contributed by atoms with Crippen LogP contribution in [0, 0.1) is 0 Å². The summed E-state index contributed by atoms with van der Waals surface area (Å²) in [5.41, 5.74) is 0.168. The zero-order chi connectivity index (χ0) is 18.7. The molecule has 0 saturated carbocycles. The molecule has 1 amide bonds. The third-order valence-corrected chi connectivity index (χ3v) is 4.55. The molecule has 0 aliphatic carbocycles. The summed E-state index contributed by atoms with van der Waals surface area (Å²) >= 11 is 5.71. The molecule has 0 unspecified atom stereocenters. The Bertz CT molecular complexity index is 759. The van der Waals surface area contributed by atoms with Gasteiger partial charge in [0.05, 0.1) is 5.56 Å². The molecule has 0 bridgehead atoms. The highest BCUT2D eigenvalue weighted by Gasteiger charge is 2.30. The van der Waals surface area contributed by atoms with Gasteiger partial charge in [-0.25, -0.2) is 0 Å². The van der Waals surface area contributed by atoms with Crippen molar-refractivity contribution in [3.63, 3.8) is 0 Å². The molecular formula is C18H18ClF3N2O2. The molecule has 26 heavy (non-hydrogen) atoms. The predicted molar refractivity (Wildman–Crippen MR) is 91.0 cm³/mol. The molecule has 0 radical (unpaired) electrons. The lowest BCUT2D eigenvalue weighted by atomic mass is 10.1.